The van der Waals surface area contributed by atoms with E-state index in [0.717, 1.165) is 0 Å². The molecule has 1 unspecified atom stereocenters. The van der Waals surface area contributed by atoms with E-state index in [1.807, 2.05) is 6.08 Å². The van der Waals surface area contributed by atoms with Crippen molar-refractivity contribution in [3.05, 3.63) is 23.6 Å². The molecular formula is C11H18NOSW-. The van der Waals surface area contributed by atoms with Crippen LogP contribution in [0, 0.1) is 16.8 Å². The first-order valence-electron chi connectivity index (χ1n) is 4.72. The van der Waals surface area contributed by atoms with Gasteiger partial charge in [0.1, 0.15) is 0 Å². The fourth-order valence-electron chi connectivity index (χ4n) is 0.684. The molecule has 0 rings (SSSR count). The van der Waals surface area contributed by atoms with Crippen molar-refractivity contribution in [3.8, 4) is 0 Å². The minimum atomic E-state index is -2.74. The number of hydrogen-bond acceptors (Lipinski definition) is 2. The van der Waals surface area contributed by atoms with Crippen molar-refractivity contribution in [3.63, 3.8) is 0 Å². The van der Waals surface area contributed by atoms with E-state index in [1.165, 1.54) is 23.3 Å². The maximum atomic E-state index is 11.6. The summed E-state index contributed by atoms with van der Waals surface area (Å²) in [5.74, 6) is 0.268. The fraction of sp³-hybridized carbons (Fsp3) is 0.545. The zero-order valence-corrected chi connectivity index (χ0v) is 13.4. The normalized spacial score (nSPS) is 16.3. The summed E-state index contributed by atoms with van der Waals surface area (Å²) < 4.78 is 20.3. The summed E-state index contributed by atoms with van der Waals surface area (Å²) in [6.45, 7) is 13.7. The zero-order valence-electron chi connectivity index (χ0n) is 9.66. The molecule has 0 radical (unpaired) electrons. The Labute approximate surface area is 104 Å². The molecule has 0 aromatic heterocycles. The first-order valence-corrected chi connectivity index (χ1v) is 7.92. The van der Waals surface area contributed by atoms with Gasteiger partial charge in [-0.15, -0.1) is 0 Å². The molecule has 0 saturated carbocycles. The van der Waals surface area contributed by atoms with E-state index < -0.39 is 9.73 Å². The second-order valence-electron chi connectivity index (χ2n) is 4.31. The monoisotopic (exact) mass is 396 g/mol. The van der Waals surface area contributed by atoms with Crippen molar-refractivity contribution >= 4 is 13.6 Å². The molecule has 0 aromatic carbocycles. The van der Waals surface area contributed by atoms with Crippen LogP contribution in [-0.4, -0.2) is 13.9 Å². The first kappa shape index (κ1) is 15.0. The SMILES string of the molecule is [CH-]=C(/C=C\[C](=[W])C(C)(C)C)S(=N)(=O)CC. The summed E-state index contributed by atoms with van der Waals surface area (Å²) in [7, 11) is -2.74. The van der Waals surface area contributed by atoms with Gasteiger partial charge in [0.25, 0.3) is 0 Å². The Morgan fingerprint density at radius 1 is 1.47 bits per heavy atom. The predicted molar refractivity (Wildman–Crippen MR) is 62.8 cm³/mol. The topological polar surface area (TPSA) is 40.9 Å². The van der Waals surface area contributed by atoms with Gasteiger partial charge in [0.2, 0.25) is 0 Å². The average Bonchev–Trinajstić information content (AvgIpc) is 2.11. The van der Waals surface area contributed by atoms with Crippen LogP contribution in [0.5, 0.6) is 0 Å². The molecule has 0 aliphatic rings. The van der Waals surface area contributed by atoms with Gasteiger partial charge in [-0.2, -0.15) is 0 Å². The van der Waals surface area contributed by atoms with Crippen molar-refractivity contribution in [2.45, 2.75) is 27.7 Å². The van der Waals surface area contributed by atoms with E-state index in [1.54, 1.807) is 13.0 Å². The van der Waals surface area contributed by atoms with E-state index in [0.29, 0.717) is 0 Å². The van der Waals surface area contributed by atoms with Crippen molar-refractivity contribution in [2.75, 3.05) is 5.75 Å². The van der Waals surface area contributed by atoms with E-state index in [9.17, 15) is 4.21 Å². The molecule has 0 saturated heterocycles. The Bertz CT molecular complexity index is 385. The number of rotatable bonds is 4. The number of nitrogens with one attached hydrogen (secondary N) is 1. The van der Waals surface area contributed by atoms with Gasteiger partial charge < -0.3 is 0 Å². The van der Waals surface area contributed by atoms with Crippen LogP contribution in [0.1, 0.15) is 27.7 Å². The summed E-state index contributed by atoms with van der Waals surface area (Å²) in [5.41, 5.74) is 0.112. The fourth-order valence-corrected chi connectivity index (χ4v) is 1.55. The van der Waals surface area contributed by atoms with Gasteiger partial charge >= 0.3 is 104 Å². The van der Waals surface area contributed by atoms with Crippen LogP contribution < -0.4 is 0 Å². The van der Waals surface area contributed by atoms with Gasteiger partial charge in [-0.3, -0.25) is 0 Å². The second kappa shape index (κ2) is 5.36. The standard InChI is InChI=1S/C11H18NOS.W/c1-6-14(12,13)10(2)8-7-9-11(3,4)5;/h2,7-8,12H,6H2,1,3-5H3;/q-1;/b8-7-;. The summed E-state index contributed by atoms with van der Waals surface area (Å²) in [5, 5.41) is 0. The molecule has 86 valence electrons. The van der Waals surface area contributed by atoms with Crippen LogP contribution in [-0.2, 0) is 29.1 Å². The van der Waals surface area contributed by atoms with Gasteiger partial charge in [-0.25, -0.2) is 0 Å². The second-order valence-corrected chi connectivity index (χ2v) is 8.29. The van der Waals surface area contributed by atoms with Crippen LogP contribution >= 0.6 is 0 Å². The molecule has 4 heteroatoms. The Kier molecular flexibility index (Phi) is 5.35. The number of allylic oxidation sites excluding steroid dienone is 2. The van der Waals surface area contributed by atoms with Crippen LogP contribution in [0.15, 0.2) is 17.1 Å². The van der Waals surface area contributed by atoms with Crippen molar-refractivity contribution in [2.24, 2.45) is 5.41 Å². The molecule has 0 heterocycles. The minimum absolute atomic E-state index is 0.112. The van der Waals surface area contributed by atoms with E-state index in [-0.39, 0.29) is 16.1 Å². The molecule has 0 fully saturated rings. The molecule has 0 aromatic rings. The van der Waals surface area contributed by atoms with Gasteiger partial charge in [0.05, 0.1) is 0 Å². The predicted octanol–water partition coefficient (Wildman–Crippen LogP) is 2.69. The van der Waals surface area contributed by atoms with Crippen molar-refractivity contribution in [1.82, 2.24) is 0 Å². The summed E-state index contributed by atoms with van der Waals surface area (Å²) in [6.07, 6.45) is 3.50. The quantitative estimate of drug-likeness (QED) is 0.576. The molecule has 0 bridgehead atoms. The van der Waals surface area contributed by atoms with Gasteiger partial charge in [-0.05, 0) is 0 Å². The van der Waals surface area contributed by atoms with E-state index in [2.05, 4.69) is 20.8 Å². The molecule has 15 heavy (non-hydrogen) atoms. The summed E-state index contributed by atoms with van der Waals surface area (Å²) in [6, 6.07) is 0. The van der Waals surface area contributed by atoms with Crippen LogP contribution in [0.2, 0.25) is 0 Å². The molecule has 1 N–H and O–H groups in total. The van der Waals surface area contributed by atoms with Crippen LogP contribution in [0.4, 0.5) is 0 Å². The molecule has 0 aliphatic carbocycles. The Morgan fingerprint density at radius 3 is 2.27 bits per heavy atom. The average molecular weight is 396 g/mol. The van der Waals surface area contributed by atoms with E-state index in [4.69, 9.17) is 11.4 Å². The first-order chi connectivity index (χ1) is 6.61. The van der Waals surface area contributed by atoms with Crippen LogP contribution in [0.25, 0.3) is 0 Å². The molecular weight excluding hydrogens is 378 g/mol. The van der Waals surface area contributed by atoms with Gasteiger partial charge in [-0.1, -0.05) is 0 Å². The third-order valence-electron chi connectivity index (χ3n) is 1.93. The molecule has 1 atom stereocenters. The Morgan fingerprint density at radius 2 is 1.93 bits per heavy atom. The van der Waals surface area contributed by atoms with Crippen LogP contribution in [0.3, 0.4) is 0 Å². The molecule has 0 spiro atoms. The third-order valence-corrected chi connectivity index (χ3v) is 6.33. The van der Waals surface area contributed by atoms with E-state index >= 15 is 0 Å². The maximum absolute atomic E-state index is 11.6. The number of hydrogen-bond donors (Lipinski definition) is 1. The van der Waals surface area contributed by atoms with Gasteiger partial charge in [0.15, 0.2) is 0 Å². The van der Waals surface area contributed by atoms with Gasteiger partial charge in [0, 0.05) is 0 Å². The van der Waals surface area contributed by atoms with Crippen molar-refractivity contribution < 1.29 is 23.6 Å². The molecule has 0 aliphatic heterocycles. The zero-order chi connectivity index (χ0) is 12.3. The summed E-state index contributed by atoms with van der Waals surface area (Å²) in [4.78, 5) is 0.174. The Balaban J connectivity index is 4.73. The Hall–Kier alpha value is -0.0117. The molecule has 2 nitrogen and oxygen atoms in total. The summed E-state index contributed by atoms with van der Waals surface area (Å²) >= 11 is 1.37. The third kappa shape index (κ3) is 5.03. The van der Waals surface area contributed by atoms with Crippen molar-refractivity contribution in [1.29, 1.82) is 4.78 Å². The molecule has 0 amide bonds.